The van der Waals surface area contributed by atoms with Crippen LogP contribution in [0.25, 0.3) is 0 Å². The molecule has 0 atom stereocenters. The van der Waals surface area contributed by atoms with Gasteiger partial charge in [-0.15, -0.1) is 0 Å². The van der Waals surface area contributed by atoms with Gasteiger partial charge in [-0.25, -0.2) is 13.2 Å². The van der Waals surface area contributed by atoms with Crippen LogP contribution in [-0.4, -0.2) is 5.91 Å². The van der Waals surface area contributed by atoms with E-state index in [0.717, 1.165) is 6.07 Å². The van der Waals surface area contributed by atoms with Crippen LogP contribution in [0.5, 0.6) is 0 Å². The molecule has 0 aliphatic rings. The molecule has 6 heteroatoms. The maximum absolute atomic E-state index is 13.8. The van der Waals surface area contributed by atoms with Crippen molar-refractivity contribution in [3.8, 4) is 0 Å². The molecule has 0 aliphatic carbocycles. The lowest BCUT2D eigenvalue weighted by Gasteiger charge is -2.10. The summed E-state index contributed by atoms with van der Waals surface area (Å²) >= 11 is 2.94. The van der Waals surface area contributed by atoms with Gasteiger partial charge in [-0.2, -0.15) is 0 Å². The Balaban J connectivity index is 2.38. The van der Waals surface area contributed by atoms with E-state index in [-0.39, 0.29) is 15.6 Å². The summed E-state index contributed by atoms with van der Waals surface area (Å²) in [5.41, 5.74) is -0.717. The topological polar surface area (TPSA) is 29.1 Å². The monoisotopic (exact) mass is 343 g/mol. The predicted molar refractivity (Wildman–Crippen MR) is 73.1 cm³/mol. The largest absolute Gasteiger partial charge is 0.317 e. The molecule has 0 saturated heterocycles. The van der Waals surface area contributed by atoms with Crippen molar-refractivity contribution in [1.82, 2.24) is 0 Å². The summed E-state index contributed by atoms with van der Waals surface area (Å²) in [6, 6.07) is 6.37. The molecule has 2 rings (SSSR count). The van der Waals surface area contributed by atoms with Crippen LogP contribution in [0.2, 0.25) is 0 Å². The highest BCUT2D eigenvalue weighted by atomic mass is 79.9. The molecule has 104 valence electrons. The molecular formula is C14H9BrF3NO. The second kappa shape index (κ2) is 5.66. The van der Waals surface area contributed by atoms with Gasteiger partial charge in [-0.3, -0.25) is 4.79 Å². The maximum atomic E-state index is 13.8. The van der Waals surface area contributed by atoms with Crippen LogP contribution in [0.15, 0.2) is 34.8 Å². The Morgan fingerprint density at radius 3 is 2.50 bits per heavy atom. The number of carbonyl (C=O) groups excluding carboxylic acids is 1. The number of aryl methyl sites for hydroxylation is 1. The summed E-state index contributed by atoms with van der Waals surface area (Å²) in [6.07, 6.45) is 0. The number of halogens is 4. The molecule has 1 amide bonds. The molecule has 0 bridgehead atoms. The summed E-state index contributed by atoms with van der Waals surface area (Å²) in [5.74, 6) is -3.52. The van der Waals surface area contributed by atoms with Crippen LogP contribution in [-0.2, 0) is 0 Å². The standard InChI is InChI=1S/C14H9BrF3NO/c1-7-5-6-10(16)13(11(7)17)19-14(20)8-3-2-4-9(15)12(8)18/h2-6H,1H3,(H,19,20). The molecule has 0 aliphatic heterocycles. The van der Waals surface area contributed by atoms with Gasteiger partial charge in [0.05, 0.1) is 10.0 Å². The molecule has 0 radical (unpaired) electrons. The molecular weight excluding hydrogens is 335 g/mol. The number of anilines is 1. The lowest BCUT2D eigenvalue weighted by Crippen LogP contribution is -2.16. The van der Waals surface area contributed by atoms with Crippen molar-refractivity contribution in [2.75, 3.05) is 5.32 Å². The fourth-order valence-corrected chi connectivity index (χ4v) is 2.00. The maximum Gasteiger partial charge on any atom is 0.258 e. The highest BCUT2D eigenvalue weighted by molar-refractivity contribution is 9.10. The van der Waals surface area contributed by atoms with Crippen molar-refractivity contribution in [2.24, 2.45) is 0 Å². The average Bonchev–Trinajstić information content (AvgIpc) is 2.42. The van der Waals surface area contributed by atoms with Crippen molar-refractivity contribution >= 4 is 27.5 Å². The van der Waals surface area contributed by atoms with Crippen molar-refractivity contribution < 1.29 is 18.0 Å². The van der Waals surface area contributed by atoms with Gasteiger partial charge in [0.1, 0.15) is 17.3 Å². The first-order valence-electron chi connectivity index (χ1n) is 5.61. The Kier molecular flexibility index (Phi) is 4.13. The molecule has 1 N–H and O–H groups in total. The van der Waals surface area contributed by atoms with Gasteiger partial charge >= 0.3 is 0 Å². The summed E-state index contributed by atoms with van der Waals surface area (Å²) < 4.78 is 41.1. The fourth-order valence-electron chi connectivity index (χ4n) is 1.63. The normalized spacial score (nSPS) is 10.4. The smallest absolute Gasteiger partial charge is 0.258 e. The predicted octanol–water partition coefficient (Wildman–Crippen LogP) is 4.43. The van der Waals surface area contributed by atoms with Crippen LogP contribution >= 0.6 is 15.9 Å². The Bertz CT molecular complexity index is 688. The number of nitrogens with one attached hydrogen (secondary N) is 1. The molecule has 0 saturated carbocycles. The minimum atomic E-state index is -0.924. The SMILES string of the molecule is Cc1ccc(F)c(NC(=O)c2cccc(Br)c2F)c1F. The molecule has 2 aromatic rings. The minimum absolute atomic E-state index is 0.0929. The number of amides is 1. The Morgan fingerprint density at radius 2 is 1.80 bits per heavy atom. The second-order valence-electron chi connectivity index (χ2n) is 4.11. The Hall–Kier alpha value is -1.82. The van der Waals surface area contributed by atoms with E-state index in [9.17, 15) is 18.0 Å². The van der Waals surface area contributed by atoms with Gasteiger partial charge < -0.3 is 5.32 Å². The first-order valence-corrected chi connectivity index (χ1v) is 6.41. The van der Waals surface area contributed by atoms with Gasteiger partial charge in [0, 0.05) is 0 Å². The Labute approximate surface area is 121 Å². The highest BCUT2D eigenvalue weighted by Crippen LogP contribution is 2.24. The van der Waals surface area contributed by atoms with Crippen LogP contribution < -0.4 is 5.32 Å². The van der Waals surface area contributed by atoms with Crippen LogP contribution in [0, 0.1) is 24.4 Å². The van der Waals surface area contributed by atoms with Crippen molar-refractivity contribution in [3.05, 3.63) is 63.4 Å². The molecule has 0 spiro atoms. The summed E-state index contributed by atoms with van der Waals surface area (Å²) in [5, 5.41) is 2.05. The van der Waals surface area contributed by atoms with E-state index in [1.54, 1.807) is 0 Å². The summed E-state index contributed by atoms with van der Waals surface area (Å²) in [7, 11) is 0. The van der Waals surface area contributed by atoms with Crippen LogP contribution in [0.1, 0.15) is 15.9 Å². The number of rotatable bonds is 2. The van der Waals surface area contributed by atoms with Crippen LogP contribution in [0.4, 0.5) is 18.9 Å². The van der Waals surface area contributed by atoms with Crippen molar-refractivity contribution in [3.63, 3.8) is 0 Å². The zero-order valence-electron chi connectivity index (χ0n) is 10.3. The summed E-state index contributed by atoms with van der Waals surface area (Å²) in [6.45, 7) is 1.43. The third-order valence-electron chi connectivity index (χ3n) is 2.72. The van der Waals surface area contributed by atoms with E-state index in [0.29, 0.717) is 0 Å². The second-order valence-corrected chi connectivity index (χ2v) is 4.96. The van der Waals surface area contributed by atoms with Gasteiger partial charge in [0.15, 0.2) is 5.82 Å². The lowest BCUT2D eigenvalue weighted by atomic mass is 10.1. The van der Waals surface area contributed by atoms with E-state index < -0.39 is 29.0 Å². The quantitative estimate of drug-likeness (QED) is 0.858. The van der Waals surface area contributed by atoms with Gasteiger partial charge in [0.25, 0.3) is 5.91 Å². The van der Waals surface area contributed by atoms with Crippen LogP contribution in [0.3, 0.4) is 0 Å². The first kappa shape index (κ1) is 14.6. The van der Waals surface area contributed by atoms with E-state index >= 15 is 0 Å². The number of hydrogen-bond donors (Lipinski definition) is 1. The van der Waals surface area contributed by atoms with E-state index in [2.05, 4.69) is 21.2 Å². The zero-order valence-corrected chi connectivity index (χ0v) is 11.9. The number of benzene rings is 2. The van der Waals surface area contributed by atoms with Crippen molar-refractivity contribution in [1.29, 1.82) is 0 Å². The van der Waals surface area contributed by atoms with E-state index in [1.807, 2.05) is 0 Å². The molecule has 2 aromatic carbocycles. The zero-order chi connectivity index (χ0) is 14.9. The average molecular weight is 344 g/mol. The van der Waals surface area contributed by atoms with Gasteiger partial charge in [-0.1, -0.05) is 12.1 Å². The van der Waals surface area contributed by atoms with E-state index in [4.69, 9.17) is 0 Å². The highest BCUT2D eigenvalue weighted by Gasteiger charge is 2.18. The van der Waals surface area contributed by atoms with E-state index in [1.165, 1.54) is 31.2 Å². The summed E-state index contributed by atoms with van der Waals surface area (Å²) in [4.78, 5) is 11.9. The first-order chi connectivity index (χ1) is 9.41. The molecule has 2 nitrogen and oxygen atoms in total. The third-order valence-corrected chi connectivity index (χ3v) is 3.33. The molecule has 20 heavy (non-hydrogen) atoms. The number of carbonyl (C=O) groups is 1. The van der Waals surface area contributed by atoms with Crippen molar-refractivity contribution in [2.45, 2.75) is 6.92 Å². The Morgan fingerprint density at radius 1 is 1.10 bits per heavy atom. The fraction of sp³-hybridized carbons (Fsp3) is 0.0714. The lowest BCUT2D eigenvalue weighted by molar-refractivity contribution is 0.102. The molecule has 0 heterocycles. The molecule has 0 unspecified atom stereocenters. The number of hydrogen-bond acceptors (Lipinski definition) is 1. The third kappa shape index (κ3) is 2.70. The molecule has 0 fully saturated rings. The molecule has 0 aromatic heterocycles. The van der Waals surface area contributed by atoms with Gasteiger partial charge in [-0.05, 0) is 46.6 Å². The van der Waals surface area contributed by atoms with Gasteiger partial charge in [0.2, 0.25) is 0 Å². The minimum Gasteiger partial charge on any atom is -0.317 e.